The highest BCUT2D eigenvalue weighted by Gasteiger charge is 2.31. The molecule has 9 nitrogen and oxygen atoms in total. The Kier molecular flexibility index (Phi) is 6.04. The zero-order valence-electron chi connectivity index (χ0n) is 18.4. The Morgan fingerprint density at radius 1 is 1.16 bits per heavy atom. The van der Waals surface area contributed by atoms with E-state index in [9.17, 15) is 4.79 Å². The Hall–Kier alpha value is -2.26. The number of ether oxygens (including phenoxy) is 1. The summed E-state index contributed by atoms with van der Waals surface area (Å²) < 4.78 is 7.53. The third-order valence-corrected chi connectivity index (χ3v) is 6.82. The first kappa shape index (κ1) is 20.6. The molecule has 3 fully saturated rings. The predicted molar refractivity (Wildman–Crippen MR) is 117 cm³/mol. The van der Waals surface area contributed by atoms with Gasteiger partial charge in [-0.25, -0.2) is 0 Å². The van der Waals surface area contributed by atoms with E-state index in [2.05, 4.69) is 32.4 Å². The number of rotatable bonds is 8. The number of carbonyl (C=O) groups excluding carboxylic acids is 1. The number of aromatic nitrogens is 4. The number of likely N-dealkylation sites (tertiary alicyclic amines) is 1. The fourth-order valence-electron chi connectivity index (χ4n) is 4.71. The molecule has 2 aromatic rings. The lowest BCUT2D eigenvalue weighted by molar-refractivity contribution is -0.149. The van der Waals surface area contributed by atoms with Gasteiger partial charge >= 0.3 is 0 Å². The molecule has 31 heavy (non-hydrogen) atoms. The van der Waals surface area contributed by atoms with Crippen molar-refractivity contribution in [3.05, 3.63) is 18.1 Å². The minimum Gasteiger partial charge on any atom is -0.379 e. The number of nitrogens with one attached hydrogen (secondary N) is 1. The fraction of sp³-hybridized carbons (Fsp3) is 0.727. The molecule has 2 aromatic heterocycles. The van der Waals surface area contributed by atoms with Gasteiger partial charge in [0.05, 0.1) is 17.5 Å². The third kappa shape index (κ3) is 4.98. The number of carbonyl (C=O) groups is 1. The molecule has 1 N–H and O–H groups in total. The lowest BCUT2D eigenvalue weighted by Crippen LogP contribution is -2.51. The van der Waals surface area contributed by atoms with Crippen LogP contribution in [-0.2, 0) is 16.0 Å². The number of hydrogen-bond acceptors (Lipinski definition) is 7. The Morgan fingerprint density at radius 2 is 1.97 bits per heavy atom. The molecule has 5 rings (SSSR count). The van der Waals surface area contributed by atoms with Crippen molar-refractivity contribution in [2.45, 2.75) is 45.1 Å². The molecule has 2 aliphatic heterocycles. The van der Waals surface area contributed by atoms with Crippen LogP contribution in [0.2, 0.25) is 0 Å². The van der Waals surface area contributed by atoms with Gasteiger partial charge in [-0.3, -0.25) is 4.79 Å². The molecule has 0 bridgehead atoms. The third-order valence-electron chi connectivity index (χ3n) is 6.82. The first-order chi connectivity index (χ1) is 15.2. The number of fused-ring (bicyclic) bond motifs is 1. The largest absolute Gasteiger partial charge is 0.379 e. The maximum absolute atomic E-state index is 12.5. The van der Waals surface area contributed by atoms with Crippen LogP contribution in [-0.4, -0.2) is 87.5 Å². The molecule has 0 aromatic carbocycles. The SMILES string of the molecule is CCc1cc(NCC2CN(CC3CCN(CC4CC4)CC3)C(=O)CO2)c2nncn2n1. The Balaban J connectivity index is 1.14. The molecule has 0 radical (unpaired) electrons. The van der Waals surface area contributed by atoms with Crippen molar-refractivity contribution < 1.29 is 9.53 Å². The molecule has 4 heterocycles. The molecule has 0 spiro atoms. The second-order valence-electron chi connectivity index (χ2n) is 9.30. The lowest BCUT2D eigenvalue weighted by atomic mass is 9.95. The van der Waals surface area contributed by atoms with Gasteiger partial charge in [0.25, 0.3) is 0 Å². The molecule has 1 unspecified atom stereocenters. The van der Waals surface area contributed by atoms with Crippen LogP contribution in [0.3, 0.4) is 0 Å². The molecule has 1 amide bonds. The van der Waals surface area contributed by atoms with Gasteiger partial charge in [0.1, 0.15) is 12.9 Å². The van der Waals surface area contributed by atoms with Crippen molar-refractivity contribution in [2.75, 3.05) is 51.2 Å². The molecule has 1 aliphatic carbocycles. The van der Waals surface area contributed by atoms with Gasteiger partial charge in [0.15, 0.2) is 0 Å². The number of anilines is 1. The number of amides is 1. The number of morpholine rings is 1. The van der Waals surface area contributed by atoms with Crippen LogP contribution in [0.4, 0.5) is 5.69 Å². The fourth-order valence-corrected chi connectivity index (χ4v) is 4.71. The highest BCUT2D eigenvalue weighted by atomic mass is 16.5. The van der Waals surface area contributed by atoms with Gasteiger partial charge < -0.3 is 19.9 Å². The van der Waals surface area contributed by atoms with E-state index in [1.54, 1.807) is 10.8 Å². The van der Waals surface area contributed by atoms with Crippen molar-refractivity contribution in [2.24, 2.45) is 11.8 Å². The monoisotopic (exact) mass is 427 g/mol. The Labute approximate surface area is 183 Å². The van der Waals surface area contributed by atoms with Crippen LogP contribution < -0.4 is 5.32 Å². The summed E-state index contributed by atoms with van der Waals surface area (Å²) in [4.78, 5) is 17.1. The molecule has 1 saturated carbocycles. The zero-order valence-corrected chi connectivity index (χ0v) is 18.4. The summed E-state index contributed by atoms with van der Waals surface area (Å²) in [7, 11) is 0. The van der Waals surface area contributed by atoms with Gasteiger partial charge in [-0.2, -0.15) is 9.61 Å². The quantitative estimate of drug-likeness (QED) is 0.682. The molecular formula is C22H33N7O2. The Bertz CT molecular complexity index is 904. The molecule has 1 atom stereocenters. The molecule has 2 saturated heterocycles. The average Bonchev–Trinajstić information content (AvgIpc) is 3.47. The van der Waals surface area contributed by atoms with Crippen molar-refractivity contribution in [1.82, 2.24) is 29.6 Å². The van der Waals surface area contributed by atoms with E-state index < -0.39 is 0 Å². The first-order valence-electron chi connectivity index (χ1n) is 11.7. The van der Waals surface area contributed by atoms with Crippen molar-refractivity contribution in [3.8, 4) is 0 Å². The summed E-state index contributed by atoms with van der Waals surface area (Å²) in [5.41, 5.74) is 2.59. The smallest absolute Gasteiger partial charge is 0.248 e. The summed E-state index contributed by atoms with van der Waals surface area (Å²) >= 11 is 0. The van der Waals surface area contributed by atoms with Crippen molar-refractivity contribution in [1.29, 1.82) is 0 Å². The van der Waals surface area contributed by atoms with Gasteiger partial charge in [0.2, 0.25) is 11.6 Å². The summed E-state index contributed by atoms with van der Waals surface area (Å²) in [5, 5.41) is 16.1. The van der Waals surface area contributed by atoms with Gasteiger partial charge in [-0.05, 0) is 63.1 Å². The summed E-state index contributed by atoms with van der Waals surface area (Å²) in [6.45, 7) is 8.02. The summed E-state index contributed by atoms with van der Waals surface area (Å²) in [5.74, 6) is 1.68. The maximum Gasteiger partial charge on any atom is 0.248 e. The predicted octanol–water partition coefficient (Wildman–Crippen LogP) is 1.45. The van der Waals surface area contributed by atoms with E-state index in [4.69, 9.17) is 4.74 Å². The van der Waals surface area contributed by atoms with Crippen LogP contribution in [0.5, 0.6) is 0 Å². The minimum atomic E-state index is -0.0335. The molecule has 3 aliphatic rings. The maximum atomic E-state index is 12.5. The minimum absolute atomic E-state index is 0.0335. The molecule has 168 valence electrons. The van der Waals surface area contributed by atoms with E-state index in [1.165, 1.54) is 45.3 Å². The second-order valence-corrected chi connectivity index (χ2v) is 9.30. The first-order valence-corrected chi connectivity index (χ1v) is 11.7. The Morgan fingerprint density at radius 3 is 2.74 bits per heavy atom. The number of aryl methyl sites for hydroxylation is 1. The lowest BCUT2D eigenvalue weighted by Gasteiger charge is -2.38. The van der Waals surface area contributed by atoms with Crippen molar-refractivity contribution in [3.63, 3.8) is 0 Å². The summed E-state index contributed by atoms with van der Waals surface area (Å²) in [6.07, 6.45) is 7.65. The topological polar surface area (TPSA) is 87.9 Å². The van der Waals surface area contributed by atoms with E-state index in [-0.39, 0.29) is 18.6 Å². The number of hydrogen-bond donors (Lipinski definition) is 1. The van der Waals surface area contributed by atoms with Crippen LogP contribution in [0.15, 0.2) is 12.4 Å². The number of nitrogens with zero attached hydrogens (tertiary/aromatic N) is 6. The van der Waals surface area contributed by atoms with Crippen LogP contribution in [0.1, 0.15) is 38.3 Å². The molecular weight excluding hydrogens is 394 g/mol. The second kappa shape index (κ2) is 9.08. The average molecular weight is 428 g/mol. The van der Waals surface area contributed by atoms with Crippen LogP contribution in [0.25, 0.3) is 5.65 Å². The normalized spacial score (nSPS) is 23.6. The van der Waals surface area contributed by atoms with Crippen LogP contribution >= 0.6 is 0 Å². The van der Waals surface area contributed by atoms with E-state index in [1.807, 2.05) is 11.0 Å². The zero-order chi connectivity index (χ0) is 21.2. The van der Waals surface area contributed by atoms with Crippen LogP contribution in [0, 0.1) is 11.8 Å². The van der Waals surface area contributed by atoms with Gasteiger partial charge in [-0.15, -0.1) is 10.2 Å². The van der Waals surface area contributed by atoms with E-state index in [0.29, 0.717) is 24.7 Å². The number of piperidine rings is 1. The van der Waals surface area contributed by atoms with E-state index in [0.717, 1.165) is 30.3 Å². The highest BCUT2D eigenvalue weighted by molar-refractivity contribution is 5.78. The highest BCUT2D eigenvalue weighted by Crippen LogP contribution is 2.31. The summed E-state index contributed by atoms with van der Waals surface area (Å²) in [6, 6.07) is 2.02. The standard InChI is InChI=1S/C22H33N7O2/c1-2-18-9-20(22-25-24-15-29(22)26-18)23-10-19-13-28(21(30)14-31-19)12-17-5-7-27(8-6-17)11-16-3-4-16/h9,15-17,19,23H,2-8,10-14H2,1H3. The molecule has 9 heteroatoms. The van der Waals surface area contributed by atoms with Crippen molar-refractivity contribution >= 4 is 17.2 Å². The van der Waals surface area contributed by atoms with E-state index >= 15 is 0 Å². The van der Waals surface area contributed by atoms with Gasteiger partial charge in [-0.1, -0.05) is 6.92 Å². The van der Waals surface area contributed by atoms with Gasteiger partial charge in [0, 0.05) is 26.2 Å².